The Labute approximate surface area is 177 Å². The summed E-state index contributed by atoms with van der Waals surface area (Å²) in [6.07, 6.45) is 1.34. The Kier molecular flexibility index (Phi) is 6.75. The van der Waals surface area contributed by atoms with Gasteiger partial charge in [0.1, 0.15) is 11.6 Å². The van der Waals surface area contributed by atoms with Crippen LogP contribution >= 0.6 is 0 Å². The summed E-state index contributed by atoms with van der Waals surface area (Å²) in [6.45, 7) is 16.7. The van der Waals surface area contributed by atoms with E-state index in [0.717, 1.165) is 6.42 Å². The Hall–Kier alpha value is -1.59. The van der Waals surface area contributed by atoms with Crippen LogP contribution in [0.3, 0.4) is 0 Å². The zero-order valence-electron chi connectivity index (χ0n) is 19.2. The summed E-state index contributed by atoms with van der Waals surface area (Å²) in [7, 11) is -1.71. The minimum Gasteiger partial charge on any atom is -0.444 e. The predicted octanol–water partition coefficient (Wildman–Crippen LogP) is 3.50. The molecule has 0 spiro atoms. The maximum Gasteiger partial charge on any atom is 0.412 e. The minimum absolute atomic E-state index is 0.0786. The Bertz CT molecular complexity index is 677. The molecular formula is C21H37N3O4Si. The molecular weight excluding hydrogens is 386 g/mol. The van der Waals surface area contributed by atoms with Crippen LogP contribution in [-0.4, -0.2) is 61.3 Å². The van der Waals surface area contributed by atoms with Crippen molar-refractivity contribution in [2.24, 2.45) is 11.3 Å². The number of hydrogen-bond donors (Lipinski definition) is 0. The minimum atomic E-state index is -1.71. The van der Waals surface area contributed by atoms with Crippen molar-refractivity contribution >= 4 is 21.0 Å². The van der Waals surface area contributed by atoms with E-state index in [1.165, 1.54) is 4.90 Å². The lowest BCUT2D eigenvalue weighted by molar-refractivity contribution is -0.163. The fourth-order valence-electron chi connectivity index (χ4n) is 4.12. The molecule has 0 N–H and O–H groups in total. The molecule has 2 rings (SSSR count). The molecule has 2 heterocycles. The number of carbonyl (C=O) groups is 2. The molecule has 0 aromatic rings. The van der Waals surface area contributed by atoms with Gasteiger partial charge in [-0.05, 0) is 58.0 Å². The molecule has 0 bridgehead atoms. The van der Waals surface area contributed by atoms with Crippen LogP contribution in [0.1, 0.15) is 60.8 Å². The van der Waals surface area contributed by atoms with Crippen molar-refractivity contribution in [3.05, 3.63) is 0 Å². The number of nitriles is 1. The zero-order valence-corrected chi connectivity index (χ0v) is 20.4. The van der Waals surface area contributed by atoms with Gasteiger partial charge in [-0.3, -0.25) is 9.69 Å². The summed E-state index contributed by atoms with van der Waals surface area (Å²) in [5.74, 6) is -0.185. The standard InChI is InChI=1S/C21H37N3O4Si/c1-19(2,3)15-12-21(28-29(7)8,17(25)23-11-9-10-16(23)13-22)24(14-15)18(26)27-20(4,5)6/h15-16,29H,9-12,14H2,1-8H3/t15-,16+,21+/m1/s1. The molecule has 0 unspecified atom stereocenters. The molecule has 8 heteroatoms. The SMILES string of the molecule is C[SiH](C)O[C@]1(C(=O)N2CCC[C@H]2C#N)C[C@@H](C(C)(C)C)CN1C(=O)OC(C)(C)C. The lowest BCUT2D eigenvalue weighted by Crippen LogP contribution is -2.62. The van der Waals surface area contributed by atoms with Gasteiger partial charge in [-0.1, -0.05) is 20.8 Å². The second kappa shape index (κ2) is 8.27. The number of hydrogen-bond acceptors (Lipinski definition) is 5. The summed E-state index contributed by atoms with van der Waals surface area (Å²) >= 11 is 0. The highest BCUT2D eigenvalue weighted by molar-refractivity contribution is 6.48. The van der Waals surface area contributed by atoms with Crippen molar-refractivity contribution in [1.82, 2.24) is 9.80 Å². The summed E-state index contributed by atoms with van der Waals surface area (Å²) in [6, 6.07) is 1.77. The monoisotopic (exact) mass is 423 g/mol. The average Bonchev–Trinajstić information content (AvgIpc) is 3.16. The van der Waals surface area contributed by atoms with Crippen LogP contribution in [0.5, 0.6) is 0 Å². The molecule has 0 aromatic carbocycles. The van der Waals surface area contributed by atoms with E-state index >= 15 is 0 Å². The van der Waals surface area contributed by atoms with Gasteiger partial charge in [0.05, 0.1) is 6.07 Å². The maximum absolute atomic E-state index is 13.8. The van der Waals surface area contributed by atoms with Crippen LogP contribution in [0.4, 0.5) is 4.79 Å². The molecule has 29 heavy (non-hydrogen) atoms. The molecule has 2 amide bonds. The summed E-state index contributed by atoms with van der Waals surface area (Å²) < 4.78 is 12.1. The molecule has 0 saturated carbocycles. The quantitative estimate of drug-likeness (QED) is 0.649. The van der Waals surface area contributed by atoms with E-state index in [1.807, 2.05) is 33.9 Å². The Balaban J connectivity index is 2.52. The third-order valence-corrected chi connectivity index (χ3v) is 6.49. The molecule has 0 aromatic heterocycles. The van der Waals surface area contributed by atoms with Crippen LogP contribution in [0.15, 0.2) is 0 Å². The number of amides is 2. The normalized spacial score (nSPS) is 28.0. The molecule has 164 valence electrons. The van der Waals surface area contributed by atoms with Crippen LogP contribution in [0.25, 0.3) is 0 Å². The summed E-state index contributed by atoms with van der Waals surface area (Å²) in [5.41, 5.74) is -2.17. The summed E-state index contributed by atoms with van der Waals surface area (Å²) in [4.78, 5) is 30.2. The topological polar surface area (TPSA) is 82.9 Å². The van der Waals surface area contributed by atoms with Gasteiger partial charge in [0.2, 0.25) is 5.72 Å². The van der Waals surface area contributed by atoms with E-state index in [9.17, 15) is 14.9 Å². The largest absolute Gasteiger partial charge is 0.444 e. The number of nitrogens with zero attached hydrogens (tertiary/aromatic N) is 3. The maximum atomic E-state index is 13.8. The predicted molar refractivity (Wildman–Crippen MR) is 114 cm³/mol. The van der Waals surface area contributed by atoms with Crippen molar-refractivity contribution in [3.63, 3.8) is 0 Å². The lowest BCUT2D eigenvalue weighted by Gasteiger charge is -2.41. The van der Waals surface area contributed by atoms with Crippen molar-refractivity contribution in [1.29, 1.82) is 5.26 Å². The highest BCUT2D eigenvalue weighted by Gasteiger charge is 2.59. The fourth-order valence-corrected chi connectivity index (χ4v) is 5.22. The highest BCUT2D eigenvalue weighted by atomic mass is 28.3. The molecule has 0 radical (unpaired) electrons. The van der Waals surface area contributed by atoms with Crippen LogP contribution < -0.4 is 0 Å². The van der Waals surface area contributed by atoms with Crippen LogP contribution in [0, 0.1) is 22.7 Å². The lowest BCUT2D eigenvalue weighted by atomic mass is 9.79. The molecule has 2 aliphatic rings. The Morgan fingerprint density at radius 3 is 2.28 bits per heavy atom. The van der Waals surface area contributed by atoms with Crippen molar-refractivity contribution in [2.45, 2.75) is 91.3 Å². The fraction of sp³-hybridized carbons (Fsp3) is 0.857. The van der Waals surface area contributed by atoms with Gasteiger partial charge < -0.3 is 14.1 Å². The number of rotatable bonds is 3. The number of likely N-dealkylation sites (tertiary alicyclic amines) is 2. The first-order valence-electron chi connectivity index (χ1n) is 10.6. The first-order valence-corrected chi connectivity index (χ1v) is 13.4. The van der Waals surface area contributed by atoms with E-state index in [4.69, 9.17) is 9.16 Å². The van der Waals surface area contributed by atoms with E-state index in [-0.39, 0.29) is 17.2 Å². The smallest absolute Gasteiger partial charge is 0.412 e. The number of ether oxygens (including phenoxy) is 1. The Morgan fingerprint density at radius 2 is 1.79 bits per heavy atom. The summed E-state index contributed by atoms with van der Waals surface area (Å²) in [5, 5.41) is 9.52. The van der Waals surface area contributed by atoms with Gasteiger partial charge in [0.15, 0.2) is 9.04 Å². The van der Waals surface area contributed by atoms with E-state index in [1.54, 1.807) is 4.90 Å². The van der Waals surface area contributed by atoms with Gasteiger partial charge in [-0.2, -0.15) is 5.26 Å². The van der Waals surface area contributed by atoms with Gasteiger partial charge >= 0.3 is 6.09 Å². The van der Waals surface area contributed by atoms with Gasteiger partial charge in [-0.25, -0.2) is 4.79 Å². The average molecular weight is 424 g/mol. The van der Waals surface area contributed by atoms with Gasteiger partial charge in [-0.15, -0.1) is 0 Å². The highest BCUT2D eigenvalue weighted by Crippen LogP contribution is 2.45. The second-order valence-corrected chi connectivity index (χ2v) is 12.9. The first-order chi connectivity index (χ1) is 13.2. The second-order valence-electron chi connectivity index (χ2n) is 10.6. The molecule has 2 saturated heterocycles. The van der Waals surface area contributed by atoms with E-state index < -0.39 is 32.5 Å². The third-order valence-electron chi connectivity index (χ3n) is 5.63. The van der Waals surface area contributed by atoms with Crippen molar-refractivity contribution in [2.75, 3.05) is 13.1 Å². The number of carbonyl (C=O) groups excluding carboxylic acids is 2. The van der Waals surface area contributed by atoms with Gasteiger partial charge in [0, 0.05) is 19.5 Å². The molecule has 3 atom stereocenters. The third kappa shape index (κ3) is 5.12. The molecule has 7 nitrogen and oxygen atoms in total. The van der Waals surface area contributed by atoms with E-state index in [2.05, 4.69) is 26.8 Å². The molecule has 2 fully saturated rings. The van der Waals surface area contributed by atoms with Crippen molar-refractivity contribution in [3.8, 4) is 6.07 Å². The molecule has 2 aliphatic heterocycles. The first kappa shape index (κ1) is 23.7. The van der Waals surface area contributed by atoms with Crippen molar-refractivity contribution < 1.29 is 18.8 Å². The van der Waals surface area contributed by atoms with Crippen LogP contribution in [-0.2, 0) is 14.0 Å². The van der Waals surface area contributed by atoms with Crippen LogP contribution in [0.2, 0.25) is 13.1 Å². The zero-order chi connectivity index (χ0) is 22.2. The molecule has 0 aliphatic carbocycles. The Morgan fingerprint density at radius 1 is 1.17 bits per heavy atom. The van der Waals surface area contributed by atoms with E-state index in [0.29, 0.717) is 25.9 Å². The van der Waals surface area contributed by atoms with Gasteiger partial charge in [0.25, 0.3) is 5.91 Å².